The third-order valence-electron chi connectivity index (χ3n) is 6.69. The number of amides is 2. The van der Waals surface area contributed by atoms with Crippen LogP contribution in [0.5, 0.6) is 5.75 Å². The van der Waals surface area contributed by atoms with E-state index in [1.54, 1.807) is 68.6 Å². The zero-order valence-corrected chi connectivity index (χ0v) is 24.7. The zero-order chi connectivity index (χ0) is 29.3. The van der Waals surface area contributed by atoms with Crippen molar-refractivity contribution in [2.45, 2.75) is 58.0 Å². The lowest BCUT2D eigenvalue weighted by atomic mass is 10.1. The summed E-state index contributed by atoms with van der Waals surface area (Å²) in [4.78, 5) is 28.9. The molecule has 0 bridgehead atoms. The van der Waals surface area contributed by atoms with Gasteiger partial charge in [-0.15, -0.1) is 0 Å². The summed E-state index contributed by atoms with van der Waals surface area (Å²) in [5.74, 6) is -0.137. The van der Waals surface area contributed by atoms with E-state index in [0.29, 0.717) is 30.0 Å². The first-order chi connectivity index (χ1) is 19.1. The molecule has 0 aromatic heterocycles. The van der Waals surface area contributed by atoms with Crippen molar-refractivity contribution in [3.63, 3.8) is 0 Å². The predicted octanol–water partition coefficient (Wildman–Crippen LogP) is 4.84. The fourth-order valence-corrected chi connectivity index (χ4v) is 5.93. The third kappa shape index (κ3) is 7.41. The van der Waals surface area contributed by atoms with Gasteiger partial charge in [-0.3, -0.25) is 13.9 Å². The fraction of sp³-hybridized carbons (Fsp3) is 0.355. The van der Waals surface area contributed by atoms with Crippen molar-refractivity contribution in [2.75, 3.05) is 24.5 Å². The van der Waals surface area contributed by atoms with Crippen LogP contribution in [0.2, 0.25) is 0 Å². The number of methoxy groups -OCH3 is 1. The van der Waals surface area contributed by atoms with Gasteiger partial charge in [-0.1, -0.05) is 61.9 Å². The molecule has 214 valence electrons. The summed E-state index contributed by atoms with van der Waals surface area (Å²) < 4.78 is 34.4. The van der Waals surface area contributed by atoms with E-state index >= 15 is 0 Å². The Balaban J connectivity index is 2.07. The van der Waals surface area contributed by atoms with Gasteiger partial charge in [0.25, 0.3) is 10.0 Å². The number of carbonyl (C=O) groups is 2. The van der Waals surface area contributed by atoms with Gasteiger partial charge < -0.3 is 15.0 Å². The van der Waals surface area contributed by atoms with Gasteiger partial charge >= 0.3 is 0 Å². The number of nitrogens with one attached hydrogen (secondary N) is 1. The van der Waals surface area contributed by atoms with Crippen LogP contribution >= 0.6 is 0 Å². The molecule has 0 aliphatic heterocycles. The summed E-state index contributed by atoms with van der Waals surface area (Å²) in [5, 5.41) is 2.89. The molecule has 0 aliphatic rings. The van der Waals surface area contributed by atoms with Crippen LogP contribution in [-0.2, 0) is 26.2 Å². The Bertz CT molecular complexity index is 1410. The molecule has 0 radical (unpaired) electrons. The summed E-state index contributed by atoms with van der Waals surface area (Å²) in [6.45, 7) is 7.60. The second-order valence-corrected chi connectivity index (χ2v) is 11.6. The van der Waals surface area contributed by atoms with Crippen molar-refractivity contribution in [1.29, 1.82) is 0 Å². The molecule has 0 spiro atoms. The monoisotopic (exact) mass is 565 g/mol. The van der Waals surface area contributed by atoms with Crippen LogP contribution in [0.4, 0.5) is 5.69 Å². The van der Waals surface area contributed by atoms with Gasteiger partial charge in [-0.05, 0) is 68.1 Å². The number of sulfonamides is 1. The standard InChI is InChI=1S/C31H39N3O5S/c1-6-19-32-31(36)28(7-2)33(21-25-12-10-13-26(20-25)39-5)30(35)22-34(29-14-9-8-11-24(29)4)40(37,38)27-17-15-23(3)16-18-27/h8-18,20,28H,6-7,19,21-22H2,1-5H3,(H,32,36)/t28-/m0/s1. The Kier molecular flexibility index (Phi) is 10.7. The molecule has 40 heavy (non-hydrogen) atoms. The average molecular weight is 566 g/mol. The van der Waals surface area contributed by atoms with Crippen LogP contribution in [0.3, 0.4) is 0 Å². The minimum atomic E-state index is -4.11. The Hall–Kier alpha value is -3.85. The van der Waals surface area contributed by atoms with Gasteiger partial charge in [-0.25, -0.2) is 8.42 Å². The van der Waals surface area contributed by atoms with E-state index in [1.807, 2.05) is 39.0 Å². The third-order valence-corrected chi connectivity index (χ3v) is 8.47. The van der Waals surface area contributed by atoms with Crippen molar-refractivity contribution >= 4 is 27.5 Å². The van der Waals surface area contributed by atoms with E-state index in [4.69, 9.17) is 4.74 Å². The van der Waals surface area contributed by atoms with E-state index in [2.05, 4.69) is 5.32 Å². The summed E-state index contributed by atoms with van der Waals surface area (Å²) in [5.41, 5.74) is 2.79. The summed E-state index contributed by atoms with van der Waals surface area (Å²) in [7, 11) is -2.55. The summed E-state index contributed by atoms with van der Waals surface area (Å²) in [6.07, 6.45) is 1.11. The average Bonchev–Trinajstić information content (AvgIpc) is 2.95. The number of benzene rings is 3. The maximum atomic E-state index is 14.1. The van der Waals surface area contributed by atoms with E-state index in [1.165, 1.54) is 4.90 Å². The molecule has 2 amide bonds. The fourth-order valence-electron chi connectivity index (χ4n) is 4.45. The first-order valence-electron chi connectivity index (χ1n) is 13.5. The van der Waals surface area contributed by atoms with E-state index < -0.39 is 28.5 Å². The number of hydrogen-bond acceptors (Lipinski definition) is 5. The number of para-hydroxylation sites is 1. The van der Waals surface area contributed by atoms with Crippen molar-refractivity contribution < 1.29 is 22.7 Å². The van der Waals surface area contributed by atoms with Crippen LogP contribution in [0, 0.1) is 13.8 Å². The van der Waals surface area contributed by atoms with E-state index in [0.717, 1.165) is 21.9 Å². The number of nitrogens with zero attached hydrogens (tertiary/aromatic N) is 2. The molecule has 0 unspecified atom stereocenters. The molecule has 1 N–H and O–H groups in total. The van der Waals surface area contributed by atoms with Crippen LogP contribution in [0.1, 0.15) is 43.4 Å². The number of ether oxygens (including phenoxy) is 1. The maximum absolute atomic E-state index is 14.1. The lowest BCUT2D eigenvalue weighted by Crippen LogP contribution is -2.52. The topological polar surface area (TPSA) is 96.0 Å². The highest BCUT2D eigenvalue weighted by molar-refractivity contribution is 7.92. The van der Waals surface area contributed by atoms with Gasteiger partial charge in [0.2, 0.25) is 11.8 Å². The molecule has 1 atom stereocenters. The van der Waals surface area contributed by atoms with Crippen molar-refractivity contribution in [3.05, 3.63) is 89.5 Å². The second kappa shape index (κ2) is 14.0. The minimum absolute atomic E-state index is 0.0845. The predicted molar refractivity (Wildman–Crippen MR) is 158 cm³/mol. The van der Waals surface area contributed by atoms with Crippen molar-refractivity contribution in [1.82, 2.24) is 10.2 Å². The molecule has 3 aromatic rings. The van der Waals surface area contributed by atoms with Crippen LogP contribution in [0.15, 0.2) is 77.7 Å². The van der Waals surface area contributed by atoms with Crippen LogP contribution in [-0.4, -0.2) is 51.4 Å². The Morgan fingerprint density at radius 2 is 1.65 bits per heavy atom. The van der Waals surface area contributed by atoms with Crippen LogP contribution < -0.4 is 14.4 Å². The normalized spacial score (nSPS) is 11.9. The molecule has 0 saturated heterocycles. The first-order valence-corrected chi connectivity index (χ1v) is 14.9. The lowest BCUT2D eigenvalue weighted by Gasteiger charge is -2.33. The molecule has 3 aromatic carbocycles. The quantitative estimate of drug-likeness (QED) is 0.320. The zero-order valence-electron chi connectivity index (χ0n) is 23.9. The molecule has 0 saturated carbocycles. The first kappa shape index (κ1) is 30.7. The highest BCUT2D eigenvalue weighted by Crippen LogP contribution is 2.28. The smallest absolute Gasteiger partial charge is 0.264 e. The number of hydrogen-bond donors (Lipinski definition) is 1. The van der Waals surface area contributed by atoms with Gasteiger partial charge in [0.1, 0.15) is 18.3 Å². The molecule has 0 fully saturated rings. The largest absolute Gasteiger partial charge is 0.497 e. The van der Waals surface area contributed by atoms with Crippen LogP contribution in [0.25, 0.3) is 0 Å². The Labute approximate surface area is 238 Å². The number of rotatable bonds is 13. The molecule has 3 rings (SSSR count). The highest BCUT2D eigenvalue weighted by Gasteiger charge is 2.34. The number of anilines is 1. The minimum Gasteiger partial charge on any atom is -0.497 e. The van der Waals surface area contributed by atoms with Gasteiger partial charge in [-0.2, -0.15) is 0 Å². The highest BCUT2D eigenvalue weighted by atomic mass is 32.2. The maximum Gasteiger partial charge on any atom is 0.264 e. The summed E-state index contributed by atoms with van der Waals surface area (Å²) in [6, 6.07) is 20.1. The molecular weight excluding hydrogens is 526 g/mol. The second-order valence-electron chi connectivity index (χ2n) is 9.70. The van der Waals surface area contributed by atoms with Gasteiger partial charge in [0, 0.05) is 13.1 Å². The van der Waals surface area contributed by atoms with Gasteiger partial charge in [0.05, 0.1) is 17.7 Å². The SMILES string of the molecule is CCCNC(=O)[C@H](CC)N(Cc1cccc(OC)c1)C(=O)CN(c1ccccc1C)S(=O)(=O)c1ccc(C)cc1. The number of carbonyl (C=O) groups excluding carboxylic acids is 2. The Morgan fingerprint density at radius 1 is 0.950 bits per heavy atom. The number of aryl methyl sites for hydroxylation is 2. The van der Waals surface area contributed by atoms with Crippen molar-refractivity contribution in [3.8, 4) is 5.75 Å². The molecule has 0 heterocycles. The van der Waals surface area contributed by atoms with Crippen molar-refractivity contribution in [2.24, 2.45) is 0 Å². The molecule has 0 aliphatic carbocycles. The van der Waals surface area contributed by atoms with E-state index in [-0.39, 0.29) is 17.3 Å². The Morgan fingerprint density at radius 3 is 2.27 bits per heavy atom. The van der Waals surface area contributed by atoms with E-state index in [9.17, 15) is 18.0 Å². The molecular formula is C31H39N3O5S. The molecule has 8 nitrogen and oxygen atoms in total. The lowest BCUT2D eigenvalue weighted by molar-refractivity contribution is -0.140. The summed E-state index contributed by atoms with van der Waals surface area (Å²) >= 11 is 0. The van der Waals surface area contributed by atoms with Gasteiger partial charge in [0.15, 0.2) is 0 Å². The molecule has 9 heteroatoms.